The highest BCUT2D eigenvalue weighted by Gasteiger charge is 2.26. The van der Waals surface area contributed by atoms with Crippen LogP contribution in [0.2, 0.25) is 0 Å². The molecule has 0 aliphatic carbocycles. The summed E-state index contributed by atoms with van der Waals surface area (Å²) in [4.78, 5) is 0. The summed E-state index contributed by atoms with van der Waals surface area (Å²) in [6, 6.07) is 0. The molecule has 1 aliphatic heterocycles. The number of ether oxygens (including phenoxy) is 1. The predicted octanol–water partition coefficient (Wildman–Crippen LogP) is 2.89. The van der Waals surface area contributed by atoms with Crippen molar-refractivity contribution in [1.82, 2.24) is 0 Å². The van der Waals surface area contributed by atoms with E-state index in [1.165, 1.54) is 0 Å². The van der Waals surface area contributed by atoms with Crippen LogP contribution in [-0.4, -0.2) is 12.6 Å². The summed E-state index contributed by atoms with van der Waals surface area (Å²) in [6.07, 6.45) is 5.97. The number of fused-ring (bicyclic) bond motifs is 1. The summed E-state index contributed by atoms with van der Waals surface area (Å²) in [5.74, 6) is 1.48. The lowest BCUT2D eigenvalue weighted by Crippen LogP contribution is -2.36. The van der Waals surface area contributed by atoms with Gasteiger partial charge in [0.1, 0.15) is 24.3 Å². The molecule has 0 saturated heterocycles. The molecule has 0 fully saturated rings. The standard InChI is InChI=1S/C11H17NO2/c1-3-8(4-2)10-5-12-9-6-13-7-11(9)14-10/h6-8,10,12H,3-5H2,1-2H3. The Balaban J connectivity index is 2.06. The third-order valence-electron chi connectivity index (χ3n) is 2.97. The smallest absolute Gasteiger partial charge is 0.181 e. The Morgan fingerprint density at radius 3 is 2.93 bits per heavy atom. The first-order chi connectivity index (χ1) is 6.85. The summed E-state index contributed by atoms with van der Waals surface area (Å²) < 4.78 is 10.9. The maximum atomic E-state index is 5.86. The van der Waals surface area contributed by atoms with E-state index in [9.17, 15) is 0 Å². The van der Waals surface area contributed by atoms with Crippen molar-refractivity contribution in [3.8, 4) is 5.75 Å². The molecule has 78 valence electrons. The largest absolute Gasteiger partial charge is 0.483 e. The van der Waals surface area contributed by atoms with Gasteiger partial charge in [0.05, 0.1) is 6.54 Å². The van der Waals surface area contributed by atoms with Crippen LogP contribution in [0.3, 0.4) is 0 Å². The van der Waals surface area contributed by atoms with Gasteiger partial charge in [-0.2, -0.15) is 0 Å². The summed E-state index contributed by atoms with van der Waals surface area (Å²) in [7, 11) is 0. The zero-order valence-corrected chi connectivity index (χ0v) is 8.75. The second kappa shape index (κ2) is 3.95. The Kier molecular flexibility index (Phi) is 2.66. The van der Waals surface area contributed by atoms with E-state index in [1.54, 1.807) is 12.5 Å². The van der Waals surface area contributed by atoms with Crippen molar-refractivity contribution in [3.05, 3.63) is 12.5 Å². The van der Waals surface area contributed by atoms with E-state index in [2.05, 4.69) is 19.2 Å². The van der Waals surface area contributed by atoms with Crippen LogP contribution in [0, 0.1) is 5.92 Å². The lowest BCUT2D eigenvalue weighted by atomic mass is 9.95. The number of hydrogen-bond acceptors (Lipinski definition) is 3. The first-order valence-corrected chi connectivity index (χ1v) is 5.31. The molecule has 1 aromatic rings. The lowest BCUT2D eigenvalue weighted by molar-refractivity contribution is 0.132. The summed E-state index contributed by atoms with van der Waals surface area (Å²) >= 11 is 0. The van der Waals surface area contributed by atoms with Crippen molar-refractivity contribution in [3.63, 3.8) is 0 Å². The summed E-state index contributed by atoms with van der Waals surface area (Å²) in [5, 5.41) is 3.32. The van der Waals surface area contributed by atoms with Crippen molar-refractivity contribution >= 4 is 5.69 Å². The Bertz CT molecular complexity index is 291. The molecule has 0 radical (unpaired) electrons. The molecule has 3 heteroatoms. The average Bonchev–Trinajstić information content (AvgIpc) is 2.66. The molecule has 0 spiro atoms. The molecule has 1 atom stereocenters. The van der Waals surface area contributed by atoms with Gasteiger partial charge in [-0.3, -0.25) is 0 Å². The van der Waals surface area contributed by atoms with Gasteiger partial charge in [0, 0.05) is 0 Å². The number of nitrogens with one attached hydrogen (secondary N) is 1. The number of furan rings is 1. The normalized spacial score (nSPS) is 20.1. The van der Waals surface area contributed by atoms with Crippen LogP contribution in [0.5, 0.6) is 5.75 Å². The highest BCUT2D eigenvalue weighted by atomic mass is 16.5. The fourth-order valence-corrected chi connectivity index (χ4v) is 2.00. The van der Waals surface area contributed by atoms with E-state index in [1.807, 2.05) is 0 Å². The minimum Gasteiger partial charge on any atom is -0.483 e. The zero-order chi connectivity index (χ0) is 9.97. The number of hydrogen-bond donors (Lipinski definition) is 1. The second-order valence-corrected chi connectivity index (χ2v) is 3.76. The van der Waals surface area contributed by atoms with Gasteiger partial charge in [-0.05, 0) is 18.8 Å². The van der Waals surface area contributed by atoms with Gasteiger partial charge in [0.25, 0.3) is 0 Å². The Hall–Kier alpha value is -1.12. The van der Waals surface area contributed by atoms with Crippen LogP contribution in [0.4, 0.5) is 5.69 Å². The van der Waals surface area contributed by atoms with Crippen LogP contribution in [0.25, 0.3) is 0 Å². The van der Waals surface area contributed by atoms with Gasteiger partial charge >= 0.3 is 0 Å². The molecule has 14 heavy (non-hydrogen) atoms. The molecule has 2 heterocycles. The first kappa shape index (κ1) is 9.44. The van der Waals surface area contributed by atoms with Crippen LogP contribution in [0.1, 0.15) is 26.7 Å². The van der Waals surface area contributed by atoms with Gasteiger partial charge in [-0.25, -0.2) is 0 Å². The predicted molar refractivity (Wildman–Crippen MR) is 55.7 cm³/mol. The molecule has 0 amide bonds. The first-order valence-electron chi connectivity index (χ1n) is 5.31. The molecule has 1 unspecified atom stereocenters. The fraction of sp³-hybridized carbons (Fsp3) is 0.636. The maximum Gasteiger partial charge on any atom is 0.181 e. The van der Waals surface area contributed by atoms with Crippen LogP contribution in [-0.2, 0) is 0 Å². The van der Waals surface area contributed by atoms with E-state index < -0.39 is 0 Å². The van der Waals surface area contributed by atoms with E-state index in [-0.39, 0.29) is 6.10 Å². The maximum absolute atomic E-state index is 5.86. The minimum atomic E-state index is 0.287. The quantitative estimate of drug-likeness (QED) is 0.805. The molecule has 0 bridgehead atoms. The van der Waals surface area contributed by atoms with Crippen molar-refractivity contribution in [2.24, 2.45) is 5.92 Å². The van der Waals surface area contributed by atoms with Crippen LogP contribution < -0.4 is 10.1 Å². The Morgan fingerprint density at radius 1 is 1.43 bits per heavy atom. The minimum absolute atomic E-state index is 0.287. The monoisotopic (exact) mass is 195 g/mol. The summed E-state index contributed by atoms with van der Waals surface area (Å²) in [5.41, 5.74) is 0.979. The molecule has 0 saturated carbocycles. The highest BCUT2D eigenvalue weighted by Crippen LogP contribution is 2.32. The fourth-order valence-electron chi connectivity index (χ4n) is 2.00. The molecular weight excluding hydrogens is 178 g/mol. The van der Waals surface area contributed by atoms with Gasteiger partial charge in [-0.15, -0.1) is 0 Å². The van der Waals surface area contributed by atoms with Gasteiger partial charge in [-0.1, -0.05) is 13.8 Å². The van der Waals surface area contributed by atoms with Gasteiger partial charge in [0.2, 0.25) is 0 Å². The molecule has 2 rings (SSSR count). The highest BCUT2D eigenvalue weighted by molar-refractivity contribution is 5.55. The van der Waals surface area contributed by atoms with Gasteiger partial charge in [0.15, 0.2) is 5.75 Å². The molecule has 1 N–H and O–H groups in total. The average molecular weight is 195 g/mol. The summed E-state index contributed by atoms with van der Waals surface area (Å²) in [6.45, 7) is 5.31. The van der Waals surface area contributed by atoms with Crippen LogP contribution >= 0.6 is 0 Å². The molecule has 1 aromatic heterocycles. The Labute approximate surface area is 84.4 Å². The van der Waals surface area contributed by atoms with E-state index in [0.717, 1.165) is 30.8 Å². The topological polar surface area (TPSA) is 34.4 Å². The van der Waals surface area contributed by atoms with E-state index in [0.29, 0.717) is 5.92 Å². The Morgan fingerprint density at radius 2 is 2.21 bits per heavy atom. The molecule has 3 nitrogen and oxygen atoms in total. The van der Waals surface area contributed by atoms with Crippen molar-refractivity contribution in [1.29, 1.82) is 0 Å². The number of anilines is 1. The van der Waals surface area contributed by atoms with Crippen molar-refractivity contribution in [2.45, 2.75) is 32.8 Å². The van der Waals surface area contributed by atoms with E-state index in [4.69, 9.17) is 9.15 Å². The molecule has 1 aliphatic rings. The van der Waals surface area contributed by atoms with Crippen molar-refractivity contribution in [2.75, 3.05) is 11.9 Å². The second-order valence-electron chi connectivity index (χ2n) is 3.76. The molecular formula is C11H17NO2. The van der Waals surface area contributed by atoms with E-state index >= 15 is 0 Å². The molecule has 0 aromatic carbocycles. The third-order valence-corrected chi connectivity index (χ3v) is 2.97. The lowest BCUT2D eigenvalue weighted by Gasteiger charge is -2.30. The van der Waals surface area contributed by atoms with Gasteiger partial charge < -0.3 is 14.5 Å². The van der Waals surface area contributed by atoms with Crippen molar-refractivity contribution < 1.29 is 9.15 Å². The van der Waals surface area contributed by atoms with Crippen LogP contribution in [0.15, 0.2) is 16.9 Å². The SMILES string of the molecule is CCC(CC)C1CNc2cocc2O1. The zero-order valence-electron chi connectivity index (χ0n) is 8.75. The third kappa shape index (κ3) is 1.59. The number of rotatable bonds is 3.